The maximum atomic E-state index is 9.33. The van der Waals surface area contributed by atoms with Gasteiger partial charge in [-0.3, -0.25) is 5.32 Å². The van der Waals surface area contributed by atoms with Gasteiger partial charge in [0.2, 0.25) is 0 Å². The van der Waals surface area contributed by atoms with Crippen LogP contribution in [0.2, 0.25) is 0 Å². The Morgan fingerprint density at radius 1 is 1.50 bits per heavy atom. The number of nitriles is 1. The molecule has 0 rings (SSSR count). The van der Waals surface area contributed by atoms with Crippen molar-refractivity contribution in [1.82, 2.24) is 5.32 Å². The fourth-order valence-electron chi connectivity index (χ4n) is 2.10. The Balaban J connectivity index is 5.86. The second kappa shape index (κ2) is 9.11. The van der Waals surface area contributed by atoms with E-state index in [9.17, 15) is 5.26 Å². The number of alkyl halides is 1. The van der Waals surface area contributed by atoms with E-state index in [2.05, 4.69) is 72.8 Å². The lowest BCUT2D eigenvalue weighted by molar-refractivity contribution is 0.511. The van der Waals surface area contributed by atoms with Crippen LogP contribution in [0.1, 0.15) is 20.3 Å². The number of hydrogen-bond acceptors (Lipinski definition) is 3. The zero-order valence-corrected chi connectivity index (χ0v) is 17.5. The third-order valence-corrected chi connectivity index (χ3v) is 7.48. The lowest BCUT2D eigenvalue weighted by Crippen LogP contribution is -2.52. The molecule has 3 nitrogen and oxygen atoms in total. The van der Waals surface area contributed by atoms with Crippen LogP contribution in [0.5, 0.6) is 0 Å². The predicted octanol–water partition coefficient (Wildman–Crippen LogP) is 3.72. The molecule has 0 aromatic rings. The van der Waals surface area contributed by atoms with Crippen LogP contribution >= 0.6 is 32.6 Å². The van der Waals surface area contributed by atoms with E-state index >= 15 is 0 Å². The van der Waals surface area contributed by atoms with Gasteiger partial charge in [0.25, 0.3) is 0 Å². The van der Waals surface area contributed by atoms with Gasteiger partial charge >= 0.3 is 0 Å². The van der Waals surface area contributed by atoms with Gasteiger partial charge in [-0.05, 0) is 43.3 Å². The Bertz CT molecular complexity index is 485. The first-order chi connectivity index (χ1) is 10.1. The van der Waals surface area contributed by atoms with Gasteiger partial charge in [0, 0.05) is 21.9 Å². The van der Waals surface area contributed by atoms with Crippen LogP contribution < -0.4 is 11.1 Å². The molecule has 0 aliphatic heterocycles. The summed E-state index contributed by atoms with van der Waals surface area (Å²) in [5.41, 5.74) is 7.79. The van der Waals surface area contributed by atoms with E-state index in [0.717, 1.165) is 22.0 Å². The molecule has 22 heavy (non-hydrogen) atoms. The summed E-state index contributed by atoms with van der Waals surface area (Å²) in [6.45, 7) is 12.8. The minimum Gasteiger partial charge on any atom is -0.326 e. The first kappa shape index (κ1) is 21.7. The molecule has 3 N–H and O–H groups in total. The molecular formula is C17H30IN3S. The average molecular weight is 435 g/mol. The van der Waals surface area contributed by atoms with E-state index in [1.54, 1.807) is 0 Å². The van der Waals surface area contributed by atoms with E-state index < -0.39 is 15.6 Å². The topological polar surface area (TPSA) is 61.8 Å². The molecule has 0 aliphatic carbocycles. The zero-order valence-electron chi connectivity index (χ0n) is 14.5. The molecule has 0 amide bonds. The van der Waals surface area contributed by atoms with Gasteiger partial charge in [0.05, 0.1) is 11.6 Å². The van der Waals surface area contributed by atoms with Crippen LogP contribution in [0.3, 0.4) is 0 Å². The van der Waals surface area contributed by atoms with Gasteiger partial charge in [-0.25, -0.2) is 10.0 Å². The molecule has 0 aliphatic rings. The van der Waals surface area contributed by atoms with E-state index in [0.29, 0.717) is 10.9 Å². The lowest BCUT2D eigenvalue weighted by Gasteiger charge is -2.43. The smallest absolute Gasteiger partial charge is 0.0963 e. The van der Waals surface area contributed by atoms with Crippen LogP contribution in [-0.4, -0.2) is 40.7 Å². The Morgan fingerprint density at radius 2 is 2.05 bits per heavy atom. The third-order valence-electron chi connectivity index (χ3n) is 4.04. The maximum Gasteiger partial charge on any atom is 0.0963 e. The molecular weight excluding hydrogens is 405 g/mol. The molecule has 0 unspecified atom stereocenters. The quantitative estimate of drug-likeness (QED) is 0.191. The number of rotatable bonds is 9. The van der Waals surface area contributed by atoms with Crippen LogP contribution in [0.4, 0.5) is 0 Å². The van der Waals surface area contributed by atoms with Crippen molar-refractivity contribution in [3.05, 3.63) is 36.0 Å². The second-order valence-corrected chi connectivity index (χ2v) is 11.5. The van der Waals surface area contributed by atoms with E-state index in [1.807, 2.05) is 13.0 Å². The number of nitrogens with two attached hydrogens (primary N) is 1. The summed E-state index contributed by atoms with van der Waals surface area (Å²) >= 11 is 2.35. The molecule has 0 saturated carbocycles. The van der Waals surface area contributed by atoms with Crippen LogP contribution in [0.25, 0.3) is 0 Å². The fourth-order valence-corrected chi connectivity index (χ4v) is 3.65. The lowest BCUT2D eigenvalue weighted by atomic mass is 9.84. The van der Waals surface area contributed by atoms with E-state index in [4.69, 9.17) is 5.73 Å². The van der Waals surface area contributed by atoms with E-state index in [1.165, 1.54) is 0 Å². The van der Waals surface area contributed by atoms with Crippen molar-refractivity contribution in [3.8, 4) is 6.07 Å². The molecule has 0 aromatic carbocycles. The van der Waals surface area contributed by atoms with Crippen molar-refractivity contribution in [2.45, 2.75) is 31.2 Å². The minimum atomic E-state index is -0.763. The molecule has 126 valence electrons. The van der Waals surface area contributed by atoms with Crippen molar-refractivity contribution >= 4 is 32.6 Å². The summed E-state index contributed by atoms with van der Waals surface area (Å²) in [6.07, 6.45) is 9.51. The summed E-state index contributed by atoms with van der Waals surface area (Å²) in [5.74, 6) is 0. The Morgan fingerprint density at radius 3 is 2.32 bits per heavy atom. The molecule has 0 spiro atoms. The molecule has 0 bridgehead atoms. The standard InChI is InChI=1S/C17H30IN3S/c1-8-16(15(10-19)11-20)13(3)17(9-2,12-18)21-14(4)22(5,6)7/h9,14,21H,2-3,8,10,12,19H2,1,4-7H3/b16-15-/t14-,17+/m0/s1. The highest BCUT2D eigenvalue weighted by Crippen LogP contribution is 2.42. The zero-order chi connectivity index (χ0) is 17.6. The molecule has 5 heteroatoms. The summed E-state index contributed by atoms with van der Waals surface area (Å²) in [6, 6.07) is 2.22. The number of halogens is 1. The third kappa shape index (κ3) is 5.12. The SMILES string of the molecule is C=C[C@](CI)(N[C@H](C)S(C)(C)C)C(=C)/C(CC)=C(\C#N)CN. The highest BCUT2D eigenvalue weighted by Gasteiger charge is 2.34. The van der Waals surface area contributed by atoms with Gasteiger partial charge in [-0.2, -0.15) is 5.26 Å². The van der Waals surface area contributed by atoms with Crippen molar-refractivity contribution < 1.29 is 0 Å². The summed E-state index contributed by atoms with van der Waals surface area (Å²) in [7, 11) is -0.763. The predicted molar refractivity (Wildman–Crippen MR) is 111 cm³/mol. The first-order valence-electron chi connectivity index (χ1n) is 7.29. The normalized spacial score (nSPS) is 17.7. The van der Waals surface area contributed by atoms with Crippen LogP contribution in [0, 0.1) is 11.3 Å². The van der Waals surface area contributed by atoms with Gasteiger partial charge in [-0.1, -0.05) is 42.2 Å². The van der Waals surface area contributed by atoms with Crippen molar-refractivity contribution in [3.63, 3.8) is 0 Å². The number of hydrogen-bond donors (Lipinski definition) is 2. The maximum absolute atomic E-state index is 9.33. The molecule has 2 atom stereocenters. The summed E-state index contributed by atoms with van der Waals surface area (Å²) in [5, 5.41) is 13.4. The first-order valence-corrected chi connectivity index (χ1v) is 11.7. The summed E-state index contributed by atoms with van der Waals surface area (Å²) in [4.78, 5) is 0. The molecule has 0 heterocycles. The molecule has 0 aromatic heterocycles. The largest absolute Gasteiger partial charge is 0.326 e. The Labute approximate surface area is 151 Å². The highest BCUT2D eigenvalue weighted by atomic mass is 127. The number of nitrogens with one attached hydrogen (secondary N) is 1. The fraction of sp³-hybridized carbons (Fsp3) is 0.588. The number of nitrogens with zero attached hydrogens (tertiary/aromatic N) is 1. The van der Waals surface area contributed by atoms with Crippen LogP contribution in [0.15, 0.2) is 36.0 Å². The van der Waals surface area contributed by atoms with Crippen molar-refractivity contribution in [2.75, 3.05) is 29.7 Å². The van der Waals surface area contributed by atoms with Gasteiger partial charge in [-0.15, -0.1) is 6.58 Å². The monoisotopic (exact) mass is 435 g/mol. The molecule has 0 saturated heterocycles. The second-order valence-electron chi connectivity index (χ2n) is 6.13. The summed E-state index contributed by atoms with van der Waals surface area (Å²) < 4.78 is 0.805. The van der Waals surface area contributed by atoms with E-state index in [-0.39, 0.29) is 6.54 Å². The average Bonchev–Trinajstić information content (AvgIpc) is 2.48. The molecule has 0 radical (unpaired) electrons. The van der Waals surface area contributed by atoms with Gasteiger partial charge in [0.1, 0.15) is 0 Å². The van der Waals surface area contributed by atoms with Crippen molar-refractivity contribution in [1.29, 1.82) is 5.26 Å². The van der Waals surface area contributed by atoms with Gasteiger partial charge in [0.15, 0.2) is 0 Å². The van der Waals surface area contributed by atoms with Crippen molar-refractivity contribution in [2.24, 2.45) is 5.73 Å². The van der Waals surface area contributed by atoms with Crippen LogP contribution in [-0.2, 0) is 0 Å². The Kier molecular flexibility index (Phi) is 8.99. The molecule has 0 fully saturated rings. The minimum absolute atomic E-state index is 0.243. The Hall–Kier alpha value is -0.290. The highest BCUT2D eigenvalue weighted by molar-refractivity contribution is 14.1. The van der Waals surface area contributed by atoms with Gasteiger partial charge < -0.3 is 5.73 Å².